The Kier molecular flexibility index (Phi) is 4.73. The number of rotatable bonds is 3. The van der Waals surface area contributed by atoms with Crippen LogP contribution in [0.2, 0.25) is 5.02 Å². The first-order valence-electron chi connectivity index (χ1n) is 6.52. The summed E-state index contributed by atoms with van der Waals surface area (Å²) in [7, 11) is 0. The van der Waals surface area contributed by atoms with Gasteiger partial charge in [-0.25, -0.2) is 14.8 Å². The number of amides is 1. The van der Waals surface area contributed by atoms with Gasteiger partial charge in [-0.05, 0) is 6.92 Å². The molecular weight excluding hydrogens is 314 g/mol. The fourth-order valence-corrected chi connectivity index (χ4v) is 3.41. The summed E-state index contributed by atoms with van der Waals surface area (Å²) in [4.78, 5) is 33.5. The lowest BCUT2D eigenvalue weighted by molar-refractivity contribution is -0.141. The molecule has 2 heterocycles. The largest absolute Gasteiger partial charge is 0.480 e. The van der Waals surface area contributed by atoms with Crippen LogP contribution in [0.15, 0.2) is 6.20 Å². The Balaban J connectivity index is 2.39. The molecule has 1 aliphatic heterocycles. The number of aliphatic carboxylic acids is 1. The molecule has 1 N–H and O–H groups in total. The molecule has 0 radical (unpaired) electrons. The molecule has 0 aromatic carbocycles. The zero-order chi connectivity index (χ0) is 15.7. The van der Waals surface area contributed by atoms with E-state index in [-0.39, 0.29) is 22.0 Å². The van der Waals surface area contributed by atoms with E-state index in [0.29, 0.717) is 11.6 Å². The second-order valence-electron chi connectivity index (χ2n) is 5.08. The molecule has 0 saturated carbocycles. The lowest BCUT2D eigenvalue weighted by atomic mass is 10.2. The lowest BCUT2D eigenvalue weighted by Gasteiger charge is -2.25. The van der Waals surface area contributed by atoms with E-state index in [1.165, 1.54) is 22.9 Å². The molecule has 1 aromatic rings. The van der Waals surface area contributed by atoms with Crippen molar-refractivity contribution in [3.05, 3.63) is 22.7 Å². The normalized spacial score (nSPS) is 21.9. The molecule has 114 valence electrons. The fraction of sp³-hybridized carbons (Fsp3) is 0.538. The van der Waals surface area contributed by atoms with Gasteiger partial charge in [0.05, 0.1) is 16.6 Å². The maximum absolute atomic E-state index is 12.6. The number of carboxylic acids is 1. The summed E-state index contributed by atoms with van der Waals surface area (Å²) >= 11 is 7.44. The molecule has 0 aliphatic carbocycles. The van der Waals surface area contributed by atoms with Crippen LogP contribution in [0.5, 0.6) is 0 Å². The molecule has 2 unspecified atom stereocenters. The molecule has 1 aromatic heterocycles. The van der Waals surface area contributed by atoms with Crippen LogP contribution in [0.4, 0.5) is 0 Å². The Morgan fingerprint density at radius 2 is 2.19 bits per heavy atom. The van der Waals surface area contributed by atoms with Gasteiger partial charge in [-0.1, -0.05) is 25.4 Å². The molecule has 1 fully saturated rings. The average molecular weight is 330 g/mol. The highest BCUT2D eigenvalue weighted by Crippen LogP contribution is 2.31. The van der Waals surface area contributed by atoms with Crippen molar-refractivity contribution >= 4 is 35.2 Å². The summed E-state index contributed by atoms with van der Waals surface area (Å²) in [5.41, 5.74) is 0.0657. The van der Waals surface area contributed by atoms with Crippen LogP contribution in [0.3, 0.4) is 0 Å². The third kappa shape index (κ3) is 3.13. The third-order valence-corrected chi connectivity index (χ3v) is 4.72. The van der Waals surface area contributed by atoms with Gasteiger partial charge in [0.1, 0.15) is 11.9 Å². The standard InChI is InChI=1S/C13H16ClN3O3S/c1-6(2)11-15-4-8(14)10(16-11)12(18)17-7(3)21-5-9(17)13(19)20/h4,6-7,9H,5H2,1-3H3,(H,19,20). The van der Waals surface area contributed by atoms with Gasteiger partial charge in [-0.3, -0.25) is 4.79 Å². The summed E-state index contributed by atoms with van der Waals surface area (Å²) in [6, 6.07) is -0.856. The van der Waals surface area contributed by atoms with Crippen LogP contribution in [0.1, 0.15) is 43.0 Å². The number of halogens is 1. The highest BCUT2D eigenvalue weighted by molar-refractivity contribution is 8.00. The predicted molar refractivity (Wildman–Crippen MR) is 80.6 cm³/mol. The number of carbonyl (C=O) groups is 2. The SMILES string of the molecule is CC(C)c1ncc(Cl)c(C(=O)N2C(C)SCC2C(=O)O)n1. The van der Waals surface area contributed by atoms with E-state index < -0.39 is 17.9 Å². The highest BCUT2D eigenvalue weighted by Gasteiger charge is 2.41. The van der Waals surface area contributed by atoms with Crippen LogP contribution < -0.4 is 0 Å². The lowest BCUT2D eigenvalue weighted by Crippen LogP contribution is -2.45. The van der Waals surface area contributed by atoms with Gasteiger partial charge < -0.3 is 10.0 Å². The molecule has 1 saturated heterocycles. The van der Waals surface area contributed by atoms with E-state index in [9.17, 15) is 14.7 Å². The van der Waals surface area contributed by atoms with E-state index in [1.807, 2.05) is 13.8 Å². The van der Waals surface area contributed by atoms with Crippen molar-refractivity contribution in [1.82, 2.24) is 14.9 Å². The Bertz CT molecular complexity index is 582. The molecule has 6 nitrogen and oxygen atoms in total. The Morgan fingerprint density at radius 1 is 1.52 bits per heavy atom. The predicted octanol–water partition coefficient (Wildman–Crippen LogP) is 2.24. The maximum atomic E-state index is 12.6. The highest BCUT2D eigenvalue weighted by atomic mass is 35.5. The number of hydrogen-bond acceptors (Lipinski definition) is 5. The van der Waals surface area contributed by atoms with Crippen molar-refractivity contribution in [1.29, 1.82) is 0 Å². The molecule has 1 amide bonds. The first-order valence-corrected chi connectivity index (χ1v) is 7.95. The topological polar surface area (TPSA) is 83.4 Å². The van der Waals surface area contributed by atoms with E-state index in [0.717, 1.165) is 0 Å². The second-order valence-corrected chi connectivity index (χ2v) is 6.83. The maximum Gasteiger partial charge on any atom is 0.327 e. The van der Waals surface area contributed by atoms with Crippen molar-refractivity contribution in [2.75, 3.05) is 5.75 Å². The van der Waals surface area contributed by atoms with Crippen LogP contribution in [-0.4, -0.2) is 49.0 Å². The molecule has 8 heteroatoms. The van der Waals surface area contributed by atoms with Crippen molar-refractivity contribution in [3.63, 3.8) is 0 Å². The first-order chi connectivity index (χ1) is 9.82. The summed E-state index contributed by atoms with van der Waals surface area (Å²) in [6.45, 7) is 5.61. The zero-order valence-corrected chi connectivity index (χ0v) is 13.5. The summed E-state index contributed by atoms with van der Waals surface area (Å²) < 4.78 is 0. The van der Waals surface area contributed by atoms with E-state index in [1.54, 1.807) is 6.92 Å². The van der Waals surface area contributed by atoms with E-state index >= 15 is 0 Å². The smallest absolute Gasteiger partial charge is 0.327 e. The van der Waals surface area contributed by atoms with Crippen molar-refractivity contribution in [2.24, 2.45) is 0 Å². The van der Waals surface area contributed by atoms with Gasteiger partial charge in [0, 0.05) is 11.7 Å². The molecule has 0 spiro atoms. The first kappa shape index (κ1) is 16.0. The number of carbonyl (C=O) groups excluding carboxylic acids is 1. The minimum atomic E-state index is -1.02. The van der Waals surface area contributed by atoms with Crippen molar-refractivity contribution in [2.45, 2.75) is 38.1 Å². The molecule has 1 aliphatic rings. The number of hydrogen-bond donors (Lipinski definition) is 1. The van der Waals surface area contributed by atoms with E-state index in [4.69, 9.17) is 11.6 Å². The number of nitrogens with zero attached hydrogens (tertiary/aromatic N) is 3. The Morgan fingerprint density at radius 3 is 2.76 bits per heavy atom. The van der Waals surface area contributed by atoms with Gasteiger partial charge in [0.25, 0.3) is 5.91 Å². The fourth-order valence-electron chi connectivity index (χ4n) is 2.07. The third-order valence-electron chi connectivity index (χ3n) is 3.22. The van der Waals surface area contributed by atoms with Crippen LogP contribution in [0.25, 0.3) is 0 Å². The van der Waals surface area contributed by atoms with Crippen LogP contribution in [-0.2, 0) is 4.79 Å². The van der Waals surface area contributed by atoms with Crippen LogP contribution >= 0.6 is 23.4 Å². The van der Waals surface area contributed by atoms with Gasteiger partial charge in [-0.15, -0.1) is 11.8 Å². The van der Waals surface area contributed by atoms with Gasteiger partial charge in [0.2, 0.25) is 0 Å². The molecular formula is C13H16ClN3O3S. The minimum absolute atomic E-state index is 0.0504. The van der Waals surface area contributed by atoms with Gasteiger partial charge in [-0.2, -0.15) is 0 Å². The summed E-state index contributed by atoms with van der Waals surface area (Å²) in [5.74, 6) is -0.561. The van der Waals surface area contributed by atoms with E-state index in [2.05, 4.69) is 9.97 Å². The van der Waals surface area contributed by atoms with Gasteiger partial charge >= 0.3 is 5.97 Å². The summed E-state index contributed by atoms with van der Waals surface area (Å²) in [6.07, 6.45) is 1.39. The Hall–Kier alpha value is -1.34. The minimum Gasteiger partial charge on any atom is -0.480 e. The Labute approximate surface area is 131 Å². The molecule has 0 bridgehead atoms. The number of carboxylic acid groups (broad SMARTS) is 1. The second kappa shape index (κ2) is 6.19. The van der Waals surface area contributed by atoms with Crippen molar-refractivity contribution in [3.8, 4) is 0 Å². The number of thioether (sulfide) groups is 1. The zero-order valence-electron chi connectivity index (χ0n) is 11.9. The molecule has 21 heavy (non-hydrogen) atoms. The van der Waals surface area contributed by atoms with Crippen molar-refractivity contribution < 1.29 is 14.7 Å². The molecule has 2 rings (SSSR count). The monoisotopic (exact) mass is 329 g/mol. The number of aromatic nitrogens is 2. The quantitative estimate of drug-likeness (QED) is 0.915. The van der Waals surface area contributed by atoms with Gasteiger partial charge in [0.15, 0.2) is 5.69 Å². The molecule has 2 atom stereocenters. The van der Waals surface area contributed by atoms with Crippen LogP contribution in [0, 0.1) is 0 Å². The average Bonchev–Trinajstić information content (AvgIpc) is 2.80. The summed E-state index contributed by atoms with van der Waals surface area (Å²) in [5, 5.41) is 9.14.